The molecule has 1 aliphatic carbocycles. The second-order valence-electron chi connectivity index (χ2n) is 5.36. The predicted molar refractivity (Wildman–Crippen MR) is 82.6 cm³/mol. The number of nitrogens with zero attached hydrogens (tertiary/aromatic N) is 2. The van der Waals surface area contributed by atoms with Gasteiger partial charge in [0.05, 0.1) is 5.25 Å². The van der Waals surface area contributed by atoms with E-state index in [1.54, 1.807) is 0 Å². The van der Waals surface area contributed by atoms with E-state index in [0.29, 0.717) is 5.82 Å². The fourth-order valence-electron chi connectivity index (χ4n) is 2.65. The summed E-state index contributed by atoms with van der Waals surface area (Å²) in [6, 6.07) is 9.99. The maximum Gasteiger partial charge on any atom is 0.239 e. The van der Waals surface area contributed by atoms with Crippen LogP contribution in [0.25, 0.3) is 11.4 Å². The lowest BCUT2D eigenvalue weighted by molar-refractivity contribution is 0.380. The van der Waals surface area contributed by atoms with E-state index in [1.165, 1.54) is 32.1 Å². The highest BCUT2D eigenvalue weighted by Gasteiger charge is 2.21. The van der Waals surface area contributed by atoms with Gasteiger partial charge in [-0.3, -0.25) is 0 Å². The first-order valence-electron chi connectivity index (χ1n) is 7.37. The molecule has 0 amide bonds. The fraction of sp³-hybridized carbons (Fsp3) is 0.500. The van der Waals surface area contributed by atoms with Crippen LogP contribution in [0.4, 0.5) is 0 Å². The smallest absolute Gasteiger partial charge is 0.239 e. The van der Waals surface area contributed by atoms with Gasteiger partial charge in [-0.2, -0.15) is 4.98 Å². The van der Waals surface area contributed by atoms with Crippen molar-refractivity contribution in [3.8, 4) is 11.4 Å². The van der Waals surface area contributed by atoms with Crippen molar-refractivity contribution in [1.82, 2.24) is 10.1 Å². The first-order chi connectivity index (χ1) is 9.83. The number of thioether (sulfide) groups is 1. The van der Waals surface area contributed by atoms with E-state index < -0.39 is 0 Å². The lowest BCUT2D eigenvalue weighted by Gasteiger charge is -2.22. The zero-order valence-corrected chi connectivity index (χ0v) is 12.6. The minimum atomic E-state index is 0.281. The van der Waals surface area contributed by atoms with Crippen LogP contribution in [0, 0.1) is 0 Å². The summed E-state index contributed by atoms with van der Waals surface area (Å²) in [5.74, 6) is 1.44. The highest BCUT2D eigenvalue weighted by molar-refractivity contribution is 8.00. The molecule has 0 aliphatic heterocycles. The van der Waals surface area contributed by atoms with Crippen molar-refractivity contribution >= 4 is 11.8 Å². The van der Waals surface area contributed by atoms with Crippen molar-refractivity contribution in [3.63, 3.8) is 0 Å². The molecule has 0 bridgehead atoms. The third-order valence-electron chi connectivity index (χ3n) is 3.77. The lowest BCUT2D eigenvalue weighted by atomic mass is 10.0. The summed E-state index contributed by atoms with van der Waals surface area (Å²) in [6.45, 7) is 2.17. The molecule has 0 saturated heterocycles. The monoisotopic (exact) mass is 288 g/mol. The number of hydrogen-bond acceptors (Lipinski definition) is 4. The molecule has 1 fully saturated rings. The van der Waals surface area contributed by atoms with Crippen molar-refractivity contribution in [2.24, 2.45) is 0 Å². The Morgan fingerprint density at radius 1 is 1.15 bits per heavy atom. The Morgan fingerprint density at radius 2 is 1.90 bits per heavy atom. The molecule has 106 valence electrons. The van der Waals surface area contributed by atoms with E-state index in [9.17, 15) is 0 Å². The molecule has 1 aromatic carbocycles. The first-order valence-corrected chi connectivity index (χ1v) is 8.31. The third kappa shape index (κ3) is 3.23. The molecular weight excluding hydrogens is 268 g/mol. The summed E-state index contributed by atoms with van der Waals surface area (Å²) in [7, 11) is 0. The summed E-state index contributed by atoms with van der Waals surface area (Å²) in [5, 5.41) is 5.14. The number of rotatable bonds is 4. The normalized spacial score (nSPS) is 18.1. The van der Waals surface area contributed by atoms with Gasteiger partial charge in [0.15, 0.2) is 0 Å². The molecular formula is C16H20N2OS. The zero-order chi connectivity index (χ0) is 13.8. The highest BCUT2D eigenvalue weighted by atomic mass is 32.2. The SMILES string of the molecule is CC(SC1CCCCC1)c1nc(-c2ccccc2)no1. The van der Waals surface area contributed by atoms with Gasteiger partial charge in [0, 0.05) is 10.8 Å². The largest absolute Gasteiger partial charge is 0.338 e. The van der Waals surface area contributed by atoms with Crippen LogP contribution in [-0.4, -0.2) is 15.4 Å². The molecule has 0 N–H and O–H groups in total. The van der Waals surface area contributed by atoms with Crippen molar-refractivity contribution in [2.45, 2.75) is 49.5 Å². The van der Waals surface area contributed by atoms with Crippen LogP contribution in [0.5, 0.6) is 0 Å². The lowest BCUT2D eigenvalue weighted by Crippen LogP contribution is -2.09. The van der Waals surface area contributed by atoms with E-state index in [1.807, 2.05) is 42.1 Å². The Hall–Kier alpha value is -1.29. The van der Waals surface area contributed by atoms with Gasteiger partial charge in [-0.05, 0) is 19.8 Å². The summed E-state index contributed by atoms with van der Waals surface area (Å²) < 4.78 is 5.44. The summed E-state index contributed by atoms with van der Waals surface area (Å²) in [4.78, 5) is 4.55. The molecule has 4 heteroatoms. The molecule has 1 atom stereocenters. The Balaban J connectivity index is 1.66. The maximum absolute atomic E-state index is 5.44. The van der Waals surface area contributed by atoms with Gasteiger partial charge in [-0.15, -0.1) is 11.8 Å². The van der Waals surface area contributed by atoms with Gasteiger partial charge in [0.1, 0.15) is 0 Å². The molecule has 20 heavy (non-hydrogen) atoms. The Labute approximate surface area is 124 Å². The van der Waals surface area contributed by atoms with E-state index in [0.717, 1.165) is 16.7 Å². The average molecular weight is 288 g/mol. The number of aromatic nitrogens is 2. The van der Waals surface area contributed by atoms with Crippen LogP contribution in [-0.2, 0) is 0 Å². The predicted octanol–water partition coefficient (Wildman–Crippen LogP) is 4.86. The second-order valence-corrected chi connectivity index (χ2v) is 7.01. The topological polar surface area (TPSA) is 38.9 Å². The fourth-order valence-corrected chi connectivity index (χ4v) is 4.05. The molecule has 1 saturated carbocycles. The van der Waals surface area contributed by atoms with Crippen LogP contribution < -0.4 is 0 Å². The number of hydrogen-bond donors (Lipinski definition) is 0. The van der Waals surface area contributed by atoms with Gasteiger partial charge in [0.2, 0.25) is 11.7 Å². The van der Waals surface area contributed by atoms with E-state index >= 15 is 0 Å². The van der Waals surface area contributed by atoms with Crippen molar-refractivity contribution < 1.29 is 4.52 Å². The second kappa shape index (κ2) is 6.44. The Bertz CT molecular complexity index is 534. The van der Waals surface area contributed by atoms with Crippen molar-refractivity contribution in [3.05, 3.63) is 36.2 Å². The zero-order valence-electron chi connectivity index (χ0n) is 11.8. The van der Waals surface area contributed by atoms with Gasteiger partial charge < -0.3 is 4.52 Å². The molecule has 0 spiro atoms. The van der Waals surface area contributed by atoms with Crippen LogP contribution in [0.15, 0.2) is 34.9 Å². The van der Waals surface area contributed by atoms with E-state index in [2.05, 4.69) is 17.1 Å². The molecule has 2 aromatic rings. The van der Waals surface area contributed by atoms with Gasteiger partial charge in [-0.25, -0.2) is 0 Å². The number of benzene rings is 1. The van der Waals surface area contributed by atoms with Gasteiger partial charge in [0.25, 0.3) is 0 Å². The van der Waals surface area contributed by atoms with E-state index in [4.69, 9.17) is 4.52 Å². The molecule has 0 radical (unpaired) electrons. The van der Waals surface area contributed by atoms with Crippen molar-refractivity contribution in [2.75, 3.05) is 0 Å². The van der Waals surface area contributed by atoms with Crippen LogP contribution in [0.1, 0.15) is 50.2 Å². The molecule has 1 unspecified atom stereocenters. The molecule has 1 aliphatic rings. The Kier molecular flexibility index (Phi) is 4.41. The van der Waals surface area contributed by atoms with Gasteiger partial charge in [-0.1, -0.05) is 54.8 Å². The van der Waals surface area contributed by atoms with Crippen LogP contribution >= 0.6 is 11.8 Å². The average Bonchev–Trinajstić information content (AvgIpc) is 2.99. The van der Waals surface area contributed by atoms with Crippen LogP contribution in [0.2, 0.25) is 0 Å². The quantitative estimate of drug-likeness (QED) is 0.805. The Morgan fingerprint density at radius 3 is 2.65 bits per heavy atom. The minimum Gasteiger partial charge on any atom is -0.338 e. The standard InChI is InChI=1S/C16H20N2OS/c1-12(20-14-10-6-3-7-11-14)16-17-15(18-19-16)13-8-4-2-5-9-13/h2,4-5,8-9,12,14H,3,6-7,10-11H2,1H3. The summed E-state index contributed by atoms with van der Waals surface area (Å²) >= 11 is 1.99. The molecule has 3 rings (SSSR count). The minimum absolute atomic E-state index is 0.281. The summed E-state index contributed by atoms with van der Waals surface area (Å²) in [6.07, 6.45) is 6.78. The molecule has 1 aromatic heterocycles. The summed E-state index contributed by atoms with van der Waals surface area (Å²) in [5.41, 5.74) is 1.01. The molecule has 1 heterocycles. The van der Waals surface area contributed by atoms with Crippen molar-refractivity contribution in [1.29, 1.82) is 0 Å². The maximum atomic E-state index is 5.44. The van der Waals surface area contributed by atoms with Crippen LogP contribution in [0.3, 0.4) is 0 Å². The van der Waals surface area contributed by atoms with E-state index in [-0.39, 0.29) is 5.25 Å². The first kappa shape index (κ1) is 13.7. The van der Waals surface area contributed by atoms with Gasteiger partial charge >= 0.3 is 0 Å². The molecule has 3 nitrogen and oxygen atoms in total. The highest BCUT2D eigenvalue weighted by Crippen LogP contribution is 2.38. The third-order valence-corrected chi connectivity index (χ3v) is 5.24.